The Bertz CT molecular complexity index is 1240. The number of anilines is 1. The van der Waals surface area contributed by atoms with Gasteiger partial charge in [0.25, 0.3) is 0 Å². The molecule has 3 aromatic rings. The molecular weight excluding hydrogens is 435 g/mol. The molecule has 4 amide bonds. The number of carbonyl (C=O) groups excluding carboxylic acids is 3. The summed E-state index contributed by atoms with van der Waals surface area (Å²) in [5.41, 5.74) is 1.31. The minimum Gasteiger partial charge on any atom is -0.324 e. The normalized spacial score (nSPS) is 20.4. The summed E-state index contributed by atoms with van der Waals surface area (Å²) in [6.07, 6.45) is 1.45. The van der Waals surface area contributed by atoms with Crippen molar-refractivity contribution in [2.75, 3.05) is 18.4 Å². The van der Waals surface area contributed by atoms with Crippen LogP contribution in [-0.2, 0) is 16.1 Å². The number of amides is 4. The molecule has 0 aromatic heterocycles. The number of halogens is 1. The molecule has 3 aromatic carbocycles. The first-order valence-corrected chi connectivity index (χ1v) is 11.4. The molecular formula is C26H25FN4O3. The van der Waals surface area contributed by atoms with Gasteiger partial charge in [0.2, 0.25) is 11.8 Å². The molecule has 0 spiro atoms. The Labute approximate surface area is 196 Å². The molecule has 2 saturated heterocycles. The van der Waals surface area contributed by atoms with Crippen molar-refractivity contribution in [3.8, 4) is 0 Å². The third-order valence-corrected chi connectivity index (χ3v) is 6.47. The van der Waals surface area contributed by atoms with Gasteiger partial charge in [-0.15, -0.1) is 0 Å². The Morgan fingerprint density at radius 3 is 2.62 bits per heavy atom. The molecule has 0 radical (unpaired) electrons. The van der Waals surface area contributed by atoms with Gasteiger partial charge in [0.05, 0.1) is 12.6 Å². The van der Waals surface area contributed by atoms with E-state index in [1.165, 1.54) is 17.0 Å². The van der Waals surface area contributed by atoms with Crippen molar-refractivity contribution in [2.45, 2.75) is 31.5 Å². The van der Waals surface area contributed by atoms with Gasteiger partial charge in [0.15, 0.2) is 0 Å². The number of hydrogen-bond acceptors (Lipinski definition) is 4. The Kier molecular flexibility index (Phi) is 5.98. The van der Waals surface area contributed by atoms with E-state index in [4.69, 9.17) is 0 Å². The lowest BCUT2D eigenvalue weighted by Crippen LogP contribution is -2.70. The molecule has 8 heteroatoms. The molecule has 7 nitrogen and oxygen atoms in total. The minimum absolute atomic E-state index is 0.0181. The molecule has 5 rings (SSSR count). The minimum atomic E-state index is -0.572. The average Bonchev–Trinajstić information content (AvgIpc) is 2.86. The van der Waals surface area contributed by atoms with Gasteiger partial charge in [-0.05, 0) is 48.5 Å². The summed E-state index contributed by atoms with van der Waals surface area (Å²) >= 11 is 0. The van der Waals surface area contributed by atoms with Gasteiger partial charge in [-0.3, -0.25) is 14.5 Å². The Balaban J connectivity index is 1.38. The molecule has 34 heavy (non-hydrogen) atoms. The van der Waals surface area contributed by atoms with Gasteiger partial charge in [-0.25, -0.2) is 9.18 Å². The molecule has 0 saturated carbocycles. The van der Waals surface area contributed by atoms with Gasteiger partial charge in [-0.1, -0.05) is 48.5 Å². The zero-order chi connectivity index (χ0) is 23.7. The summed E-state index contributed by atoms with van der Waals surface area (Å²) in [5, 5.41) is 8.06. The summed E-state index contributed by atoms with van der Waals surface area (Å²) in [7, 11) is 0. The van der Waals surface area contributed by atoms with E-state index < -0.39 is 18.1 Å². The van der Waals surface area contributed by atoms with Crippen LogP contribution in [0, 0.1) is 5.82 Å². The zero-order valence-electron chi connectivity index (χ0n) is 18.5. The average molecular weight is 461 g/mol. The smallest absolute Gasteiger partial charge is 0.324 e. The fraction of sp³-hybridized carbons (Fsp3) is 0.269. The third kappa shape index (κ3) is 4.24. The first-order chi connectivity index (χ1) is 16.5. The molecule has 174 valence electrons. The molecule has 2 unspecified atom stereocenters. The van der Waals surface area contributed by atoms with Gasteiger partial charge in [-0.2, -0.15) is 0 Å². The van der Waals surface area contributed by atoms with E-state index in [9.17, 15) is 18.8 Å². The Morgan fingerprint density at radius 1 is 1.03 bits per heavy atom. The van der Waals surface area contributed by atoms with Crippen LogP contribution >= 0.6 is 0 Å². The Hall–Kier alpha value is -3.78. The number of hydrogen-bond donors (Lipinski definition) is 2. The third-order valence-electron chi connectivity index (χ3n) is 6.47. The molecule has 2 fully saturated rings. The highest BCUT2D eigenvalue weighted by Gasteiger charge is 2.47. The van der Waals surface area contributed by atoms with Crippen LogP contribution in [0.4, 0.5) is 14.9 Å². The maximum atomic E-state index is 13.4. The lowest BCUT2D eigenvalue weighted by Gasteiger charge is -2.46. The molecule has 2 atom stereocenters. The van der Waals surface area contributed by atoms with Gasteiger partial charge in [0.1, 0.15) is 18.4 Å². The van der Waals surface area contributed by atoms with Crippen LogP contribution in [0.3, 0.4) is 0 Å². The number of fused-ring (bicyclic) bond motifs is 2. The molecule has 0 aliphatic carbocycles. The predicted octanol–water partition coefficient (Wildman–Crippen LogP) is 3.50. The van der Waals surface area contributed by atoms with Crippen LogP contribution in [-0.4, -0.2) is 52.8 Å². The fourth-order valence-electron chi connectivity index (χ4n) is 4.80. The maximum Gasteiger partial charge on any atom is 0.327 e. The van der Waals surface area contributed by atoms with Crippen molar-refractivity contribution < 1.29 is 18.8 Å². The number of nitrogens with one attached hydrogen (secondary N) is 2. The van der Waals surface area contributed by atoms with Crippen LogP contribution in [0.1, 0.15) is 18.4 Å². The summed E-state index contributed by atoms with van der Waals surface area (Å²) < 4.78 is 13.3. The van der Waals surface area contributed by atoms with Crippen molar-refractivity contribution in [3.63, 3.8) is 0 Å². The van der Waals surface area contributed by atoms with Crippen molar-refractivity contribution in [3.05, 3.63) is 78.1 Å². The van der Waals surface area contributed by atoms with E-state index in [0.29, 0.717) is 24.2 Å². The second-order valence-corrected chi connectivity index (χ2v) is 8.68. The first-order valence-electron chi connectivity index (χ1n) is 11.4. The highest BCUT2D eigenvalue weighted by atomic mass is 19.1. The topological polar surface area (TPSA) is 81.8 Å². The molecule has 2 heterocycles. The van der Waals surface area contributed by atoms with Crippen LogP contribution in [0.2, 0.25) is 0 Å². The van der Waals surface area contributed by atoms with E-state index >= 15 is 0 Å². The standard InChI is InChI=1S/C26H25FN4O3/c27-19-12-10-17(11-13-19)15-31-25(33)24-22(9-4-14-28-24)30(26(31)34)16-23(32)29-21-8-3-6-18-5-1-2-7-20(18)21/h1-3,5-8,10-13,22,24,28H,4,9,14-16H2,(H,29,32). The summed E-state index contributed by atoms with van der Waals surface area (Å²) in [6, 6.07) is 17.6. The van der Waals surface area contributed by atoms with Crippen molar-refractivity contribution in [2.24, 2.45) is 0 Å². The second-order valence-electron chi connectivity index (χ2n) is 8.68. The van der Waals surface area contributed by atoms with Gasteiger partial charge in [0, 0.05) is 11.1 Å². The quantitative estimate of drug-likeness (QED) is 0.611. The van der Waals surface area contributed by atoms with Crippen LogP contribution in [0.25, 0.3) is 10.8 Å². The number of rotatable bonds is 5. The lowest BCUT2D eigenvalue weighted by atomic mass is 9.93. The van der Waals surface area contributed by atoms with Crippen molar-refractivity contribution in [1.82, 2.24) is 15.1 Å². The number of benzene rings is 3. The fourth-order valence-corrected chi connectivity index (χ4v) is 4.80. The molecule has 2 aliphatic rings. The van der Waals surface area contributed by atoms with E-state index in [2.05, 4.69) is 10.6 Å². The lowest BCUT2D eigenvalue weighted by molar-refractivity contribution is -0.138. The van der Waals surface area contributed by atoms with Crippen molar-refractivity contribution >= 4 is 34.3 Å². The number of carbonyl (C=O) groups is 3. The largest absolute Gasteiger partial charge is 0.327 e. The van der Waals surface area contributed by atoms with E-state index in [1.807, 2.05) is 42.5 Å². The van der Waals surface area contributed by atoms with Crippen LogP contribution in [0.15, 0.2) is 66.7 Å². The Morgan fingerprint density at radius 2 is 1.79 bits per heavy atom. The maximum absolute atomic E-state index is 13.4. The summed E-state index contributed by atoms with van der Waals surface area (Å²) in [5.74, 6) is -1.03. The highest BCUT2D eigenvalue weighted by Crippen LogP contribution is 2.27. The second kappa shape index (κ2) is 9.23. The monoisotopic (exact) mass is 460 g/mol. The molecule has 2 aliphatic heterocycles. The van der Waals surface area contributed by atoms with E-state index in [-0.39, 0.29) is 30.7 Å². The number of urea groups is 1. The van der Waals surface area contributed by atoms with Crippen molar-refractivity contribution in [1.29, 1.82) is 0 Å². The summed E-state index contributed by atoms with van der Waals surface area (Å²) in [6.45, 7) is 0.518. The van der Waals surface area contributed by atoms with Gasteiger partial charge < -0.3 is 15.5 Å². The number of piperidine rings is 1. The number of nitrogens with zero attached hydrogens (tertiary/aromatic N) is 2. The van der Waals surface area contributed by atoms with Gasteiger partial charge >= 0.3 is 6.03 Å². The zero-order valence-corrected chi connectivity index (χ0v) is 18.5. The molecule has 0 bridgehead atoms. The van der Waals surface area contributed by atoms with E-state index in [0.717, 1.165) is 22.1 Å². The van der Waals surface area contributed by atoms with Crippen LogP contribution in [0.5, 0.6) is 0 Å². The molecule has 2 N–H and O–H groups in total. The summed E-state index contributed by atoms with van der Waals surface area (Å²) in [4.78, 5) is 42.3. The first kappa shape index (κ1) is 22.0. The van der Waals surface area contributed by atoms with E-state index in [1.54, 1.807) is 12.1 Å². The van der Waals surface area contributed by atoms with Crippen LogP contribution < -0.4 is 10.6 Å². The predicted molar refractivity (Wildman–Crippen MR) is 126 cm³/mol. The SMILES string of the molecule is O=C(CN1C(=O)N(Cc2ccc(F)cc2)C(=O)C2NCCCC21)Nc1cccc2ccccc12. The highest BCUT2D eigenvalue weighted by molar-refractivity contribution is 6.05. The number of imide groups is 1.